The first-order valence-corrected chi connectivity index (χ1v) is 6.36. The van der Waals surface area contributed by atoms with E-state index in [1.807, 2.05) is 12.4 Å². The van der Waals surface area contributed by atoms with Crippen LogP contribution in [0.3, 0.4) is 0 Å². The van der Waals surface area contributed by atoms with E-state index in [9.17, 15) is 4.79 Å². The average molecular weight is 240 g/mol. The predicted molar refractivity (Wildman–Crippen MR) is 62.7 cm³/mol. The van der Waals surface area contributed by atoms with Crippen molar-refractivity contribution in [3.05, 3.63) is 16.1 Å². The molecule has 88 valence electrons. The summed E-state index contributed by atoms with van der Waals surface area (Å²) in [6, 6.07) is 0. The van der Waals surface area contributed by atoms with E-state index in [1.165, 1.54) is 4.88 Å². The van der Waals surface area contributed by atoms with Crippen LogP contribution in [0.1, 0.15) is 17.0 Å². The molecule has 1 aliphatic heterocycles. The summed E-state index contributed by atoms with van der Waals surface area (Å²) < 4.78 is 0. The molecule has 0 amide bonds. The first kappa shape index (κ1) is 11.5. The Morgan fingerprint density at radius 2 is 2.44 bits per heavy atom. The number of likely N-dealkylation sites (tertiary alicyclic amines) is 1. The van der Waals surface area contributed by atoms with Crippen LogP contribution in [0.25, 0.3) is 0 Å². The van der Waals surface area contributed by atoms with Gasteiger partial charge in [-0.05, 0) is 19.3 Å². The van der Waals surface area contributed by atoms with Gasteiger partial charge in [-0.25, -0.2) is 4.98 Å². The van der Waals surface area contributed by atoms with Crippen LogP contribution in [0.2, 0.25) is 0 Å². The maximum atomic E-state index is 10.5. The molecule has 1 fully saturated rings. The molecule has 0 spiro atoms. The number of hydrogen-bond acceptors (Lipinski definition) is 4. The van der Waals surface area contributed by atoms with Crippen molar-refractivity contribution < 1.29 is 9.90 Å². The SMILES string of the molecule is Cc1ncsc1CCN1CC(CC(=O)O)C1. The van der Waals surface area contributed by atoms with E-state index >= 15 is 0 Å². The van der Waals surface area contributed by atoms with Crippen molar-refractivity contribution in [3.8, 4) is 0 Å². The maximum absolute atomic E-state index is 10.5. The molecular weight excluding hydrogens is 224 g/mol. The van der Waals surface area contributed by atoms with Crippen LogP contribution in [0.4, 0.5) is 0 Å². The smallest absolute Gasteiger partial charge is 0.303 e. The molecular formula is C11H16N2O2S. The molecule has 0 saturated carbocycles. The van der Waals surface area contributed by atoms with Gasteiger partial charge in [0, 0.05) is 24.5 Å². The summed E-state index contributed by atoms with van der Waals surface area (Å²) in [6.45, 7) is 4.93. The van der Waals surface area contributed by atoms with Crippen LogP contribution in [-0.4, -0.2) is 40.6 Å². The van der Waals surface area contributed by atoms with Crippen LogP contribution < -0.4 is 0 Å². The Hall–Kier alpha value is -0.940. The molecule has 16 heavy (non-hydrogen) atoms. The van der Waals surface area contributed by atoms with Crippen molar-refractivity contribution in [2.24, 2.45) is 5.92 Å². The molecule has 4 nitrogen and oxygen atoms in total. The van der Waals surface area contributed by atoms with E-state index in [0.29, 0.717) is 12.3 Å². The molecule has 0 bridgehead atoms. The second kappa shape index (κ2) is 4.93. The number of carboxylic acid groups (broad SMARTS) is 1. The predicted octanol–water partition coefficient (Wildman–Crippen LogP) is 1.40. The molecule has 0 aliphatic carbocycles. The number of carboxylic acids is 1. The average Bonchev–Trinajstić information content (AvgIpc) is 2.55. The van der Waals surface area contributed by atoms with E-state index in [2.05, 4.69) is 9.88 Å². The zero-order chi connectivity index (χ0) is 11.5. The number of aliphatic carboxylic acids is 1. The van der Waals surface area contributed by atoms with Crippen molar-refractivity contribution in [2.45, 2.75) is 19.8 Å². The lowest BCUT2D eigenvalue weighted by atomic mass is 9.96. The summed E-state index contributed by atoms with van der Waals surface area (Å²) in [7, 11) is 0. The molecule has 1 aliphatic rings. The van der Waals surface area contributed by atoms with Gasteiger partial charge < -0.3 is 10.0 Å². The summed E-state index contributed by atoms with van der Waals surface area (Å²) in [6.07, 6.45) is 1.35. The number of aromatic nitrogens is 1. The topological polar surface area (TPSA) is 53.4 Å². The highest BCUT2D eigenvalue weighted by Gasteiger charge is 2.27. The highest BCUT2D eigenvalue weighted by Crippen LogP contribution is 2.20. The van der Waals surface area contributed by atoms with E-state index in [4.69, 9.17) is 5.11 Å². The highest BCUT2D eigenvalue weighted by molar-refractivity contribution is 7.09. The van der Waals surface area contributed by atoms with Crippen LogP contribution in [0, 0.1) is 12.8 Å². The lowest BCUT2D eigenvalue weighted by Gasteiger charge is -2.38. The molecule has 0 unspecified atom stereocenters. The fourth-order valence-corrected chi connectivity index (χ4v) is 2.83. The van der Waals surface area contributed by atoms with Gasteiger partial charge in [-0.15, -0.1) is 11.3 Å². The summed E-state index contributed by atoms with van der Waals surface area (Å²) in [5.74, 6) is -0.317. The highest BCUT2D eigenvalue weighted by atomic mass is 32.1. The first-order valence-electron chi connectivity index (χ1n) is 5.48. The Bertz CT molecular complexity index is 372. The van der Waals surface area contributed by atoms with Gasteiger partial charge in [-0.3, -0.25) is 4.79 Å². The second-order valence-corrected chi connectivity index (χ2v) is 5.27. The molecule has 1 aromatic heterocycles. The molecule has 5 heteroatoms. The van der Waals surface area contributed by atoms with Gasteiger partial charge in [-0.2, -0.15) is 0 Å². The lowest BCUT2D eigenvalue weighted by Crippen LogP contribution is -2.48. The van der Waals surface area contributed by atoms with Crippen molar-refractivity contribution in [3.63, 3.8) is 0 Å². The molecule has 0 radical (unpaired) electrons. The number of hydrogen-bond donors (Lipinski definition) is 1. The van der Waals surface area contributed by atoms with Gasteiger partial charge >= 0.3 is 5.97 Å². The molecule has 2 heterocycles. The van der Waals surface area contributed by atoms with E-state index in [-0.39, 0.29) is 0 Å². The van der Waals surface area contributed by atoms with Gasteiger partial charge in [0.15, 0.2) is 0 Å². The van der Waals surface area contributed by atoms with E-state index < -0.39 is 5.97 Å². The Morgan fingerprint density at radius 1 is 1.69 bits per heavy atom. The Balaban J connectivity index is 1.67. The van der Waals surface area contributed by atoms with Crippen LogP contribution in [0.15, 0.2) is 5.51 Å². The Labute approximate surface area is 98.9 Å². The quantitative estimate of drug-likeness (QED) is 0.845. The van der Waals surface area contributed by atoms with Crippen molar-refractivity contribution in [1.29, 1.82) is 0 Å². The van der Waals surface area contributed by atoms with Crippen LogP contribution in [0.5, 0.6) is 0 Å². The minimum Gasteiger partial charge on any atom is -0.481 e. The van der Waals surface area contributed by atoms with E-state index in [0.717, 1.165) is 31.7 Å². The monoisotopic (exact) mass is 240 g/mol. The van der Waals surface area contributed by atoms with Gasteiger partial charge in [0.1, 0.15) is 0 Å². The number of nitrogens with zero attached hydrogens (tertiary/aromatic N) is 2. The molecule has 0 aromatic carbocycles. The van der Waals surface area contributed by atoms with Crippen LogP contribution in [-0.2, 0) is 11.2 Å². The third-order valence-electron chi connectivity index (χ3n) is 3.00. The summed E-state index contributed by atoms with van der Waals surface area (Å²) in [5, 5.41) is 8.63. The Morgan fingerprint density at radius 3 is 3.00 bits per heavy atom. The van der Waals surface area contributed by atoms with Crippen molar-refractivity contribution in [2.75, 3.05) is 19.6 Å². The second-order valence-electron chi connectivity index (χ2n) is 4.33. The van der Waals surface area contributed by atoms with Crippen molar-refractivity contribution in [1.82, 2.24) is 9.88 Å². The lowest BCUT2D eigenvalue weighted by molar-refractivity contribution is -0.139. The van der Waals surface area contributed by atoms with Gasteiger partial charge in [0.2, 0.25) is 0 Å². The number of rotatable bonds is 5. The number of aryl methyl sites for hydroxylation is 1. The van der Waals surface area contributed by atoms with Crippen molar-refractivity contribution >= 4 is 17.3 Å². The summed E-state index contributed by atoms with van der Waals surface area (Å²) in [4.78, 5) is 18.3. The third kappa shape index (κ3) is 2.80. The molecule has 1 saturated heterocycles. The standard InChI is InChI=1S/C11H16N2O2S/c1-8-10(16-7-12-8)2-3-13-5-9(6-13)4-11(14)15/h7,9H,2-6H2,1H3,(H,14,15). The number of carbonyl (C=O) groups is 1. The number of thiazole rings is 1. The molecule has 2 rings (SSSR count). The maximum Gasteiger partial charge on any atom is 0.303 e. The van der Waals surface area contributed by atoms with Gasteiger partial charge in [0.05, 0.1) is 17.6 Å². The zero-order valence-corrected chi connectivity index (χ0v) is 10.2. The van der Waals surface area contributed by atoms with Gasteiger partial charge in [-0.1, -0.05) is 0 Å². The summed E-state index contributed by atoms with van der Waals surface area (Å²) >= 11 is 1.71. The van der Waals surface area contributed by atoms with E-state index in [1.54, 1.807) is 11.3 Å². The fourth-order valence-electron chi connectivity index (χ4n) is 2.06. The first-order chi connectivity index (χ1) is 7.65. The normalized spacial score (nSPS) is 17.3. The fraction of sp³-hybridized carbons (Fsp3) is 0.636. The zero-order valence-electron chi connectivity index (χ0n) is 9.35. The minimum absolute atomic E-state index is 0.316. The molecule has 1 N–H and O–H groups in total. The summed E-state index contributed by atoms with van der Waals surface area (Å²) in [5.41, 5.74) is 3.01. The van der Waals surface area contributed by atoms with Crippen LogP contribution >= 0.6 is 11.3 Å². The van der Waals surface area contributed by atoms with Gasteiger partial charge in [0.25, 0.3) is 0 Å². The third-order valence-corrected chi connectivity index (χ3v) is 3.99. The Kier molecular flexibility index (Phi) is 3.56. The largest absolute Gasteiger partial charge is 0.481 e. The molecule has 1 aromatic rings. The molecule has 0 atom stereocenters. The minimum atomic E-state index is -0.678.